The highest BCUT2D eigenvalue weighted by Crippen LogP contribution is 2.26. The van der Waals surface area contributed by atoms with E-state index in [4.69, 9.17) is 4.74 Å². The van der Waals surface area contributed by atoms with Crippen LogP contribution in [0.2, 0.25) is 0 Å². The van der Waals surface area contributed by atoms with E-state index in [1.165, 1.54) is 24.1 Å². The lowest BCUT2D eigenvalue weighted by atomic mass is 10.1. The number of nitrogens with one attached hydrogen (secondary N) is 1. The Morgan fingerprint density at radius 2 is 1.84 bits per heavy atom. The molecule has 0 atom stereocenters. The molecule has 0 saturated heterocycles. The van der Waals surface area contributed by atoms with E-state index >= 15 is 0 Å². The largest absolute Gasteiger partial charge is 0.494 e. The number of pyridine rings is 1. The van der Waals surface area contributed by atoms with E-state index in [-0.39, 0.29) is 11.4 Å². The number of hydrogen-bond acceptors (Lipinski definition) is 4. The number of aromatic nitrogens is 1. The Labute approximate surface area is 184 Å². The second-order valence-electron chi connectivity index (χ2n) is 6.95. The van der Waals surface area contributed by atoms with Gasteiger partial charge in [-0.1, -0.05) is 30.3 Å². The first-order chi connectivity index (χ1) is 15.2. The van der Waals surface area contributed by atoms with Crippen LogP contribution < -0.4 is 10.3 Å². The molecule has 0 aliphatic rings. The van der Waals surface area contributed by atoms with Crippen molar-refractivity contribution >= 4 is 29.1 Å². The Morgan fingerprint density at radius 1 is 1.00 bits per heavy atom. The van der Waals surface area contributed by atoms with Crippen molar-refractivity contribution in [2.75, 3.05) is 6.61 Å². The molecule has 0 bridgehead atoms. The molecule has 0 aliphatic carbocycles. The third-order valence-electron chi connectivity index (χ3n) is 4.71. The van der Waals surface area contributed by atoms with E-state index in [0.29, 0.717) is 12.2 Å². The minimum Gasteiger partial charge on any atom is -0.494 e. The molecule has 4 nitrogen and oxygen atoms in total. The molecule has 1 heterocycles. The van der Waals surface area contributed by atoms with Crippen LogP contribution >= 0.6 is 11.9 Å². The predicted molar refractivity (Wildman–Crippen MR) is 125 cm³/mol. The number of H-pyrrole nitrogens is 1. The highest BCUT2D eigenvalue weighted by molar-refractivity contribution is 7.98. The van der Waals surface area contributed by atoms with Crippen LogP contribution in [0.25, 0.3) is 22.0 Å². The van der Waals surface area contributed by atoms with Gasteiger partial charge in [-0.2, -0.15) is 0 Å². The number of halogens is 1. The topological polar surface area (TPSA) is 54.4 Å². The summed E-state index contributed by atoms with van der Waals surface area (Å²) in [7, 11) is 0. The molecule has 4 rings (SSSR count). The van der Waals surface area contributed by atoms with Crippen LogP contribution in [0.5, 0.6) is 5.75 Å². The number of unbranched alkanes of at least 4 members (excludes halogenated alkanes) is 1. The van der Waals surface area contributed by atoms with Gasteiger partial charge in [-0.05, 0) is 60.9 Å². The molecule has 156 valence electrons. The molecule has 0 fully saturated rings. The van der Waals surface area contributed by atoms with Gasteiger partial charge in [0.25, 0.3) is 0 Å². The summed E-state index contributed by atoms with van der Waals surface area (Å²) in [5.74, 6) is 0.558. The van der Waals surface area contributed by atoms with Crippen LogP contribution in [0.4, 0.5) is 4.39 Å². The summed E-state index contributed by atoms with van der Waals surface area (Å²) >= 11 is 1.39. The third kappa shape index (κ3) is 5.61. The Morgan fingerprint density at radius 3 is 2.68 bits per heavy atom. The summed E-state index contributed by atoms with van der Waals surface area (Å²) in [5, 5.41) is 0.941. The van der Waals surface area contributed by atoms with E-state index in [1.54, 1.807) is 18.2 Å². The third-order valence-corrected chi connectivity index (χ3v) is 5.45. The molecule has 1 N–H and O–H groups in total. The quantitative estimate of drug-likeness (QED) is 0.203. The van der Waals surface area contributed by atoms with Gasteiger partial charge in [0.05, 0.1) is 6.61 Å². The van der Waals surface area contributed by atoms with Gasteiger partial charge in [-0.25, -0.2) is 8.79 Å². The first kappa shape index (κ1) is 20.9. The fourth-order valence-electron chi connectivity index (χ4n) is 3.13. The van der Waals surface area contributed by atoms with Crippen molar-refractivity contribution in [2.24, 2.45) is 4.40 Å². The van der Waals surface area contributed by atoms with Crippen molar-refractivity contribution in [3.8, 4) is 16.9 Å². The monoisotopic (exact) mass is 432 g/mol. The summed E-state index contributed by atoms with van der Waals surface area (Å²) in [6, 6.07) is 23.4. The van der Waals surface area contributed by atoms with Crippen molar-refractivity contribution in [3.05, 3.63) is 95.0 Å². The number of nitrogens with zero attached hydrogens (tertiary/aromatic N) is 1. The lowest BCUT2D eigenvalue weighted by molar-refractivity contribution is 0.314. The van der Waals surface area contributed by atoms with Crippen molar-refractivity contribution in [1.29, 1.82) is 0 Å². The minimum absolute atomic E-state index is 0.112. The molecule has 3 aromatic carbocycles. The lowest BCUT2D eigenvalue weighted by Crippen LogP contribution is -2.02. The van der Waals surface area contributed by atoms with Gasteiger partial charge in [-0.15, -0.1) is 0 Å². The SMILES string of the molecule is O=c1ccc2cc(OCCCC=NSc3ccc(-c4ccccc4F)cc3)ccc2[nH]1. The molecule has 0 saturated carbocycles. The zero-order chi connectivity index (χ0) is 21.5. The number of rotatable bonds is 8. The van der Waals surface area contributed by atoms with E-state index in [9.17, 15) is 9.18 Å². The smallest absolute Gasteiger partial charge is 0.248 e. The van der Waals surface area contributed by atoms with Crippen molar-refractivity contribution in [3.63, 3.8) is 0 Å². The lowest BCUT2D eigenvalue weighted by Gasteiger charge is -2.06. The molecular formula is C25H21FN2O2S. The zero-order valence-corrected chi connectivity index (χ0v) is 17.6. The molecule has 0 spiro atoms. The summed E-state index contributed by atoms with van der Waals surface area (Å²) in [5.41, 5.74) is 2.14. The second kappa shape index (κ2) is 10.1. The summed E-state index contributed by atoms with van der Waals surface area (Å²) < 4.78 is 24.0. The average molecular weight is 433 g/mol. The normalized spacial score (nSPS) is 11.3. The highest BCUT2D eigenvalue weighted by Gasteiger charge is 2.03. The van der Waals surface area contributed by atoms with Crippen LogP contribution in [0.1, 0.15) is 12.8 Å². The molecule has 31 heavy (non-hydrogen) atoms. The Hall–Kier alpha value is -3.38. The maximum atomic E-state index is 13.9. The predicted octanol–water partition coefficient (Wildman–Crippen LogP) is 6.27. The fraction of sp³-hybridized carbons (Fsp3) is 0.120. The molecule has 0 aliphatic heterocycles. The summed E-state index contributed by atoms with van der Waals surface area (Å²) in [6.07, 6.45) is 3.53. The number of benzene rings is 3. The number of aromatic amines is 1. The van der Waals surface area contributed by atoms with Gasteiger partial charge in [-0.3, -0.25) is 4.79 Å². The van der Waals surface area contributed by atoms with Crippen LogP contribution in [-0.4, -0.2) is 17.8 Å². The number of hydrogen-bond donors (Lipinski definition) is 1. The van der Waals surface area contributed by atoms with E-state index in [0.717, 1.165) is 40.0 Å². The van der Waals surface area contributed by atoms with Crippen LogP contribution in [0.3, 0.4) is 0 Å². The van der Waals surface area contributed by atoms with Gasteiger partial charge in [0, 0.05) is 45.6 Å². The molecular weight excluding hydrogens is 411 g/mol. The van der Waals surface area contributed by atoms with Crippen LogP contribution in [-0.2, 0) is 0 Å². The second-order valence-corrected chi connectivity index (χ2v) is 7.81. The molecule has 6 heteroatoms. The Balaban J connectivity index is 1.21. The van der Waals surface area contributed by atoms with Gasteiger partial charge in [0.1, 0.15) is 11.6 Å². The first-order valence-corrected chi connectivity index (χ1v) is 10.8. The maximum Gasteiger partial charge on any atom is 0.248 e. The Bertz CT molecular complexity index is 1250. The van der Waals surface area contributed by atoms with Crippen molar-refractivity contribution < 1.29 is 9.13 Å². The van der Waals surface area contributed by atoms with E-state index in [1.807, 2.05) is 54.7 Å². The standard InChI is InChI=1S/C25H21FN2O2S/c26-23-6-2-1-5-22(23)18-7-11-21(12-8-18)31-27-15-3-4-16-30-20-10-13-24-19(17-20)9-14-25(29)28-24/h1-2,5-15,17H,3-4,16H2,(H,28,29). The molecule has 4 aromatic rings. The Kier molecular flexibility index (Phi) is 6.79. The highest BCUT2D eigenvalue weighted by atomic mass is 32.2. The van der Waals surface area contributed by atoms with Gasteiger partial charge >= 0.3 is 0 Å². The molecule has 0 radical (unpaired) electrons. The van der Waals surface area contributed by atoms with Crippen molar-refractivity contribution in [1.82, 2.24) is 4.98 Å². The molecule has 0 amide bonds. The van der Waals surface area contributed by atoms with E-state index < -0.39 is 0 Å². The van der Waals surface area contributed by atoms with Gasteiger partial charge < -0.3 is 9.72 Å². The van der Waals surface area contributed by atoms with Crippen LogP contribution in [0.15, 0.2) is 93.0 Å². The van der Waals surface area contributed by atoms with Gasteiger partial charge in [0.2, 0.25) is 5.56 Å². The molecule has 1 aromatic heterocycles. The van der Waals surface area contributed by atoms with Crippen molar-refractivity contribution in [2.45, 2.75) is 17.7 Å². The summed E-state index contributed by atoms with van der Waals surface area (Å²) in [4.78, 5) is 15.1. The number of ether oxygens (including phenoxy) is 1. The summed E-state index contributed by atoms with van der Waals surface area (Å²) in [6.45, 7) is 0.586. The van der Waals surface area contributed by atoms with E-state index in [2.05, 4.69) is 9.38 Å². The zero-order valence-electron chi connectivity index (χ0n) is 16.8. The minimum atomic E-state index is -0.221. The maximum absolute atomic E-state index is 13.9. The fourth-order valence-corrected chi connectivity index (χ4v) is 3.69. The molecule has 0 unspecified atom stereocenters. The van der Waals surface area contributed by atoms with Crippen LogP contribution in [0, 0.1) is 5.82 Å². The first-order valence-electron chi connectivity index (χ1n) is 9.99. The number of fused-ring (bicyclic) bond motifs is 1. The van der Waals surface area contributed by atoms with Gasteiger partial charge in [0.15, 0.2) is 0 Å². The average Bonchev–Trinajstić information content (AvgIpc) is 2.79.